The van der Waals surface area contributed by atoms with E-state index in [1.165, 1.54) is 36.5 Å². The predicted molar refractivity (Wildman–Crippen MR) is 71.3 cm³/mol. The molecule has 0 aliphatic carbocycles. The molecule has 1 aromatic carbocycles. The van der Waals surface area contributed by atoms with Crippen LogP contribution < -0.4 is 0 Å². The summed E-state index contributed by atoms with van der Waals surface area (Å²) in [5.74, 6) is 0. The van der Waals surface area contributed by atoms with Crippen molar-refractivity contribution in [3.05, 3.63) is 34.9 Å². The molecule has 16 heavy (non-hydrogen) atoms. The number of hydrogen-bond donors (Lipinski definition) is 0. The van der Waals surface area contributed by atoms with Crippen LogP contribution in [0.5, 0.6) is 0 Å². The topological polar surface area (TPSA) is 9.23 Å². The summed E-state index contributed by atoms with van der Waals surface area (Å²) in [4.78, 5) is 0. The van der Waals surface area contributed by atoms with Crippen molar-refractivity contribution in [1.29, 1.82) is 0 Å². The molecule has 1 heterocycles. The second-order valence-electron chi connectivity index (χ2n) is 4.66. The van der Waals surface area contributed by atoms with Crippen LogP contribution in [0.1, 0.15) is 25.3 Å². The lowest BCUT2D eigenvalue weighted by molar-refractivity contribution is 0.290. The summed E-state index contributed by atoms with van der Waals surface area (Å²) in [5.41, 5.74) is 1.25. The third-order valence-electron chi connectivity index (χ3n) is 3.62. The van der Waals surface area contributed by atoms with Crippen LogP contribution in [0, 0.1) is 0 Å². The van der Waals surface area contributed by atoms with Crippen molar-refractivity contribution in [2.75, 3.05) is 0 Å². The van der Waals surface area contributed by atoms with Gasteiger partial charge in [-0.05, 0) is 35.8 Å². The summed E-state index contributed by atoms with van der Waals surface area (Å²) in [6, 6.07) is 12.0. The smallest absolute Gasteiger partial charge is 0.193 e. The highest BCUT2D eigenvalue weighted by atomic mass is 35.5. The van der Waals surface area contributed by atoms with Crippen molar-refractivity contribution < 1.29 is 4.43 Å². The van der Waals surface area contributed by atoms with Gasteiger partial charge >= 0.3 is 0 Å². The van der Waals surface area contributed by atoms with Gasteiger partial charge in [0.2, 0.25) is 0 Å². The van der Waals surface area contributed by atoms with E-state index in [2.05, 4.69) is 19.1 Å². The highest BCUT2D eigenvalue weighted by Crippen LogP contribution is 2.34. The number of benzene rings is 1. The SMILES string of the molecule is CC[Si]1(OCc2ccc(Cl)cc2)CCCC1. The van der Waals surface area contributed by atoms with E-state index in [-0.39, 0.29) is 0 Å². The Balaban J connectivity index is 1.93. The molecule has 0 saturated carbocycles. The first-order chi connectivity index (χ1) is 7.74. The molecule has 0 N–H and O–H groups in total. The summed E-state index contributed by atoms with van der Waals surface area (Å²) in [7, 11) is -1.34. The molecule has 0 aromatic heterocycles. The fourth-order valence-corrected chi connectivity index (χ4v) is 6.27. The minimum absolute atomic E-state index is 0.775. The van der Waals surface area contributed by atoms with E-state index in [1.807, 2.05) is 12.1 Å². The van der Waals surface area contributed by atoms with E-state index in [0.717, 1.165) is 11.6 Å². The lowest BCUT2D eigenvalue weighted by atomic mass is 10.2. The van der Waals surface area contributed by atoms with Gasteiger partial charge in [-0.1, -0.05) is 43.5 Å². The molecule has 3 heteroatoms. The summed E-state index contributed by atoms with van der Waals surface area (Å²) < 4.78 is 6.26. The van der Waals surface area contributed by atoms with Crippen LogP contribution in [-0.2, 0) is 11.0 Å². The average molecular weight is 255 g/mol. The summed E-state index contributed by atoms with van der Waals surface area (Å²) in [6.45, 7) is 3.07. The molecule has 0 atom stereocenters. The first-order valence-corrected chi connectivity index (χ1v) is 9.03. The maximum absolute atomic E-state index is 6.26. The van der Waals surface area contributed by atoms with Gasteiger partial charge in [0.25, 0.3) is 0 Å². The summed E-state index contributed by atoms with van der Waals surface area (Å²) in [6.07, 6.45) is 2.75. The highest BCUT2D eigenvalue weighted by Gasteiger charge is 2.36. The second-order valence-corrected chi connectivity index (χ2v) is 9.46. The first-order valence-electron chi connectivity index (χ1n) is 6.12. The van der Waals surface area contributed by atoms with E-state index >= 15 is 0 Å². The zero-order valence-electron chi connectivity index (χ0n) is 9.84. The minimum Gasteiger partial charge on any atom is -0.413 e. The van der Waals surface area contributed by atoms with Crippen LogP contribution in [0.4, 0.5) is 0 Å². The molecule has 1 aliphatic rings. The van der Waals surface area contributed by atoms with Crippen molar-refractivity contribution in [3.8, 4) is 0 Å². The van der Waals surface area contributed by atoms with E-state index in [0.29, 0.717) is 0 Å². The summed E-state index contributed by atoms with van der Waals surface area (Å²) in [5, 5.41) is 0.798. The van der Waals surface area contributed by atoms with Crippen LogP contribution in [-0.4, -0.2) is 8.32 Å². The van der Waals surface area contributed by atoms with Gasteiger partial charge in [0.1, 0.15) is 0 Å². The van der Waals surface area contributed by atoms with Gasteiger partial charge in [0.15, 0.2) is 8.32 Å². The molecular formula is C13H19ClOSi. The zero-order valence-corrected chi connectivity index (χ0v) is 11.6. The van der Waals surface area contributed by atoms with Gasteiger partial charge in [0, 0.05) is 5.02 Å². The van der Waals surface area contributed by atoms with Crippen molar-refractivity contribution in [1.82, 2.24) is 0 Å². The van der Waals surface area contributed by atoms with Crippen LogP contribution >= 0.6 is 11.6 Å². The van der Waals surface area contributed by atoms with Crippen molar-refractivity contribution in [2.24, 2.45) is 0 Å². The Morgan fingerprint density at radius 3 is 2.38 bits per heavy atom. The van der Waals surface area contributed by atoms with Gasteiger partial charge in [0.05, 0.1) is 6.61 Å². The van der Waals surface area contributed by atoms with Crippen LogP contribution in [0.3, 0.4) is 0 Å². The highest BCUT2D eigenvalue weighted by molar-refractivity contribution is 6.74. The van der Waals surface area contributed by atoms with E-state index < -0.39 is 8.32 Å². The molecule has 1 saturated heterocycles. The quantitative estimate of drug-likeness (QED) is 0.713. The van der Waals surface area contributed by atoms with E-state index in [4.69, 9.17) is 16.0 Å². The molecule has 0 radical (unpaired) electrons. The largest absolute Gasteiger partial charge is 0.413 e. The number of halogens is 1. The average Bonchev–Trinajstić information content (AvgIpc) is 2.78. The lowest BCUT2D eigenvalue weighted by Crippen LogP contribution is -2.33. The fraction of sp³-hybridized carbons (Fsp3) is 0.538. The predicted octanol–water partition coefficient (Wildman–Crippen LogP) is 4.62. The Morgan fingerprint density at radius 2 is 1.81 bits per heavy atom. The molecule has 1 nitrogen and oxygen atoms in total. The third kappa shape index (κ3) is 2.87. The Labute approximate surface area is 104 Å². The van der Waals surface area contributed by atoms with Crippen molar-refractivity contribution >= 4 is 19.9 Å². The fourth-order valence-electron chi connectivity index (χ4n) is 2.44. The normalized spacial score (nSPS) is 18.9. The van der Waals surface area contributed by atoms with Crippen molar-refractivity contribution in [3.63, 3.8) is 0 Å². The maximum Gasteiger partial charge on any atom is 0.193 e. The van der Waals surface area contributed by atoms with Crippen LogP contribution in [0.15, 0.2) is 24.3 Å². The summed E-state index contributed by atoms with van der Waals surface area (Å²) >= 11 is 5.86. The molecule has 0 spiro atoms. The molecule has 0 unspecified atom stereocenters. The zero-order chi connectivity index (χ0) is 11.4. The van der Waals surface area contributed by atoms with Gasteiger partial charge in [-0.2, -0.15) is 0 Å². The maximum atomic E-state index is 6.26. The molecule has 2 rings (SSSR count). The molecule has 88 valence electrons. The van der Waals surface area contributed by atoms with Crippen LogP contribution in [0.25, 0.3) is 0 Å². The standard InChI is InChI=1S/C13H19ClOSi/c1-2-16(9-3-4-10-16)15-11-12-5-7-13(14)8-6-12/h5-8H,2-4,9-11H2,1H3. The monoisotopic (exact) mass is 254 g/mol. The van der Waals surface area contributed by atoms with Crippen LogP contribution in [0.2, 0.25) is 23.2 Å². The van der Waals surface area contributed by atoms with E-state index in [9.17, 15) is 0 Å². The minimum atomic E-state index is -1.34. The van der Waals surface area contributed by atoms with E-state index in [1.54, 1.807) is 0 Å². The van der Waals surface area contributed by atoms with Gasteiger partial charge < -0.3 is 4.43 Å². The number of rotatable bonds is 4. The molecule has 1 fully saturated rings. The van der Waals surface area contributed by atoms with Gasteiger partial charge in [-0.3, -0.25) is 0 Å². The Kier molecular flexibility index (Phi) is 4.06. The molecule has 0 amide bonds. The first kappa shape index (κ1) is 12.2. The molecule has 1 aromatic rings. The lowest BCUT2D eigenvalue weighted by Gasteiger charge is -2.25. The molecule has 1 aliphatic heterocycles. The molecule has 0 bridgehead atoms. The Morgan fingerprint density at radius 1 is 1.19 bits per heavy atom. The third-order valence-corrected chi connectivity index (χ3v) is 8.44. The van der Waals surface area contributed by atoms with Gasteiger partial charge in [-0.25, -0.2) is 0 Å². The number of hydrogen-bond acceptors (Lipinski definition) is 1. The Bertz CT molecular complexity index is 330. The Hall–Kier alpha value is -0.313. The van der Waals surface area contributed by atoms with Gasteiger partial charge in [-0.15, -0.1) is 0 Å². The molecular weight excluding hydrogens is 236 g/mol. The van der Waals surface area contributed by atoms with Crippen molar-refractivity contribution in [2.45, 2.75) is 44.5 Å². The second kappa shape index (κ2) is 5.35.